The van der Waals surface area contributed by atoms with Gasteiger partial charge in [-0.25, -0.2) is 18.4 Å². The van der Waals surface area contributed by atoms with Crippen molar-refractivity contribution in [3.05, 3.63) is 150 Å². The summed E-state index contributed by atoms with van der Waals surface area (Å²) < 4.78 is 34.4. The van der Waals surface area contributed by atoms with Gasteiger partial charge in [-0.15, -0.1) is 22.7 Å². The predicted molar refractivity (Wildman–Crippen MR) is 196 cm³/mol. The number of anilines is 2. The summed E-state index contributed by atoms with van der Waals surface area (Å²) in [5.74, 6) is -5.21. The highest BCUT2D eigenvalue weighted by Gasteiger charge is 2.30. The van der Waals surface area contributed by atoms with Crippen LogP contribution in [0.4, 0.5) is 18.8 Å². The Morgan fingerprint density at radius 3 is 1.72 bits per heavy atom. The molecule has 0 saturated heterocycles. The Labute approximate surface area is 309 Å². The third-order valence-electron chi connectivity index (χ3n) is 7.23. The molecule has 2 amide bonds. The Morgan fingerprint density at radius 2 is 1.18 bits per heavy atom. The Hall–Kier alpha value is -4.72. The van der Waals surface area contributed by atoms with Crippen LogP contribution < -0.4 is 10.6 Å². The molecule has 0 aliphatic carbocycles. The van der Waals surface area contributed by atoms with Gasteiger partial charge in [-0.05, 0) is 65.7 Å². The summed E-state index contributed by atoms with van der Waals surface area (Å²) in [6, 6.07) is 22.0. The Morgan fingerprint density at radius 1 is 0.660 bits per heavy atom. The molecule has 2 aromatic heterocycles. The molecule has 0 fully saturated rings. The lowest BCUT2D eigenvalue weighted by Crippen LogP contribution is -2.19. The van der Waals surface area contributed by atoms with Crippen molar-refractivity contribution < 1.29 is 32.7 Å². The van der Waals surface area contributed by atoms with Crippen LogP contribution in [0.5, 0.6) is 0 Å². The fraction of sp³-hybridized carbons (Fsp3) is 0. The molecule has 0 atom stereocenters. The Kier molecular flexibility index (Phi) is 10.6. The molecular weight excluding hydrogens is 793 g/mol. The number of thiophene rings is 2. The number of ether oxygens (including phenoxy) is 1. The second-order valence-corrected chi connectivity index (χ2v) is 13.9. The van der Waals surface area contributed by atoms with Gasteiger partial charge in [0.05, 0.1) is 16.1 Å². The summed E-state index contributed by atoms with van der Waals surface area (Å²) in [6.45, 7) is 0. The van der Waals surface area contributed by atoms with E-state index in [0.29, 0.717) is 27.3 Å². The SMILES string of the molecule is O=C(Nc1scc(-c2ccc(Br)cc2)c1C(=O)OC(=O)c1c(-c2ccc(Cl)cc2)csc1NC(=O)c1ccc(F)cc1Cl)c1ccccc1F. The number of carbonyl (C=O) groups excluding carboxylic acids is 4. The molecule has 0 radical (unpaired) electrons. The molecule has 0 saturated carbocycles. The van der Waals surface area contributed by atoms with Gasteiger partial charge in [0.15, 0.2) is 0 Å². The molecule has 7 nitrogen and oxygen atoms in total. The van der Waals surface area contributed by atoms with Crippen LogP contribution in [0.1, 0.15) is 41.4 Å². The van der Waals surface area contributed by atoms with Gasteiger partial charge < -0.3 is 15.4 Å². The van der Waals surface area contributed by atoms with Crippen molar-refractivity contribution >= 4 is 95.6 Å². The summed E-state index contributed by atoms with van der Waals surface area (Å²) in [6.07, 6.45) is 0. The number of halogens is 5. The number of rotatable bonds is 8. The molecule has 6 rings (SSSR count). The van der Waals surface area contributed by atoms with Crippen LogP contribution in [-0.2, 0) is 4.74 Å². The van der Waals surface area contributed by atoms with E-state index in [2.05, 4.69) is 26.6 Å². The third-order valence-corrected chi connectivity index (χ3v) is 10.1. The van der Waals surface area contributed by atoms with Crippen LogP contribution in [-0.4, -0.2) is 23.8 Å². The van der Waals surface area contributed by atoms with Gasteiger partial charge in [0.2, 0.25) is 0 Å². The van der Waals surface area contributed by atoms with E-state index in [0.717, 1.165) is 45.3 Å². The smallest absolute Gasteiger partial charge is 0.349 e. The zero-order valence-corrected chi connectivity index (χ0v) is 29.8. The summed E-state index contributed by atoms with van der Waals surface area (Å²) in [4.78, 5) is 54.3. The predicted octanol–water partition coefficient (Wildman–Crippen LogP) is 11.0. The van der Waals surface area contributed by atoms with E-state index in [1.807, 2.05) is 0 Å². The number of hydrogen-bond acceptors (Lipinski definition) is 7. The lowest BCUT2D eigenvalue weighted by atomic mass is 10.0. The average molecular weight is 812 g/mol. The maximum atomic E-state index is 14.5. The van der Waals surface area contributed by atoms with Crippen molar-refractivity contribution in [2.45, 2.75) is 0 Å². The molecule has 0 aliphatic rings. The van der Waals surface area contributed by atoms with Crippen molar-refractivity contribution in [3.8, 4) is 22.3 Å². The molecule has 6 aromatic rings. The van der Waals surface area contributed by atoms with Crippen molar-refractivity contribution in [3.63, 3.8) is 0 Å². The maximum absolute atomic E-state index is 14.5. The van der Waals surface area contributed by atoms with Gasteiger partial charge in [0.25, 0.3) is 11.8 Å². The van der Waals surface area contributed by atoms with Crippen molar-refractivity contribution in [2.24, 2.45) is 0 Å². The van der Waals surface area contributed by atoms with Gasteiger partial charge in [-0.2, -0.15) is 0 Å². The molecule has 4 aromatic carbocycles. The van der Waals surface area contributed by atoms with Gasteiger partial charge in [-0.3, -0.25) is 9.59 Å². The number of esters is 2. The minimum atomic E-state index is -1.12. The first-order valence-corrected chi connectivity index (χ1v) is 17.6. The molecule has 0 unspecified atom stereocenters. The number of hydrogen-bond donors (Lipinski definition) is 2. The van der Waals surface area contributed by atoms with E-state index in [1.54, 1.807) is 59.3 Å². The van der Waals surface area contributed by atoms with E-state index < -0.39 is 35.4 Å². The van der Waals surface area contributed by atoms with Crippen molar-refractivity contribution in [1.82, 2.24) is 0 Å². The van der Waals surface area contributed by atoms with Crippen LogP contribution in [0.3, 0.4) is 0 Å². The summed E-state index contributed by atoms with van der Waals surface area (Å²) in [5.41, 5.74) is 1.12. The van der Waals surface area contributed by atoms with Gasteiger partial charge in [0, 0.05) is 31.4 Å². The molecular formula is C36H19BrCl2F2N2O5S2. The summed E-state index contributed by atoms with van der Waals surface area (Å²) >= 11 is 17.5. The molecule has 250 valence electrons. The van der Waals surface area contributed by atoms with E-state index in [9.17, 15) is 28.0 Å². The second-order valence-electron chi connectivity index (χ2n) is 10.4. The van der Waals surface area contributed by atoms with E-state index in [-0.39, 0.29) is 37.3 Å². The van der Waals surface area contributed by atoms with Crippen LogP contribution in [0, 0.1) is 11.6 Å². The van der Waals surface area contributed by atoms with Gasteiger partial charge >= 0.3 is 11.9 Å². The molecule has 2 heterocycles. The van der Waals surface area contributed by atoms with Crippen LogP contribution in [0.2, 0.25) is 10.0 Å². The van der Waals surface area contributed by atoms with Crippen LogP contribution >= 0.6 is 61.8 Å². The monoisotopic (exact) mass is 810 g/mol. The number of nitrogens with one attached hydrogen (secondary N) is 2. The fourth-order valence-corrected chi connectivity index (χ4v) is 7.38. The first-order chi connectivity index (χ1) is 24.0. The van der Waals surface area contributed by atoms with Crippen LogP contribution in [0.25, 0.3) is 22.3 Å². The van der Waals surface area contributed by atoms with Gasteiger partial charge in [0.1, 0.15) is 32.8 Å². The minimum Gasteiger partial charge on any atom is -0.386 e. The maximum Gasteiger partial charge on any atom is 0.349 e. The molecule has 0 bridgehead atoms. The van der Waals surface area contributed by atoms with E-state index in [4.69, 9.17) is 27.9 Å². The molecule has 50 heavy (non-hydrogen) atoms. The van der Waals surface area contributed by atoms with Gasteiger partial charge in [-0.1, -0.05) is 75.5 Å². The molecule has 0 spiro atoms. The minimum absolute atomic E-state index is 0.0108. The lowest BCUT2D eigenvalue weighted by Gasteiger charge is -2.12. The topological polar surface area (TPSA) is 102 Å². The zero-order chi connectivity index (χ0) is 35.5. The largest absolute Gasteiger partial charge is 0.386 e. The number of benzene rings is 4. The Bertz CT molecular complexity index is 2290. The Balaban J connectivity index is 1.38. The van der Waals surface area contributed by atoms with E-state index in [1.165, 1.54) is 24.3 Å². The molecule has 2 N–H and O–H groups in total. The van der Waals surface area contributed by atoms with Crippen molar-refractivity contribution in [1.29, 1.82) is 0 Å². The highest BCUT2D eigenvalue weighted by Crippen LogP contribution is 2.40. The zero-order valence-electron chi connectivity index (χ0n) is 25.1. The summed E-state index contributed by atoms with van der Waals surface area (Å²) in [5, 5.41) is 8.70. The quantitative estimate of drug-likeness (QED) is 0.118. The van der Waals surface area contributed by atoms with Crippen LogP contribution in [0.15, 0.2) is 106 Å². The average Bonchev–Trinajstić information content (AvgIpc) is 3.70. The lowest BCUT2D eigenvalue weighted by molar-refractivity contribution is 0.0401. The highest BCUT2D eigenvalue weighted by molar-refractivity contribution is 9.10. The highest BCUT2D eigenvalue weighted by atomic mass is 79.9. The van der Waals surface area contributed by atoms with Crippen molar-refractivity contribution in [2.75, 3.05) is 10.6 Å². The van der Waals surface area contributed by atoms with E-state index >= 15 is 0 Å². The fourth-order valence-electron chi connectivity index (χ4n) is 4.84. The summed E-state index contributed by atoms with van der Waals surface area (Å²) in [7, 11) is 0. The standard InChI is InChI=1S/C36H19BrCl2F2N2O5S2/c37-20-9-5-18(6-10-20)25-16-50-34(43-32(45)24-3-1-2-4-28(24)41)29(25)35(46)48-36(47)30-26(19-7-11-21(38)12-8-19)17-49-33(30)42-31(44)23-14-13-22(40)15-27(23)39/h1-17H,(H,42,44)(H,43,45). The first-order valence-electron chi connectivity index (χ1n) is 14.3. The molecule has 14 heteroatoms. The second kappa shape index (κ2) is 15.0. The first kappa shape index (κ1) is 35.1. The third kappa shape index (κ3) is 7.54. The normalized spacial score (nSPS) is 10.8. The number of amides is 2. The molecule has 0 aliphatic heterocycles. The number of carbonyl (C=O) groups is 4.